The summed E-state index contributed by atoms with van der Waals surface area (Å²) in [6, 6.07) is 22.1. The molecule has 3 heterocycles. The second-order valence-electron chi connectivity index (χ2n) is 11.4. The number of anilines is 2. The molecule has 0 spiro atoms. The van der Waals surface area contributed by atoms with E-state index in [4.69, 9.17) is 9.47 Å². The number of fused-ring (bicyclic) bond motifs is 3. The van der Waals surface area contributed by atoms with Crippen molar-refractivity contribution in [2.75, 3.05) is 24.4 Å². The molecule has 3 amide bonds. The van der Waals surface area contributed by atoms with Crippen molar-refractivity contribution < 1.29 is 37.0 Å². The molecule has 1 saturated heterocycles. The average molecular weight is 706 g/mol. The SMILES string of the molecule is COc1ccc(C2c3sc(=O)n(CC(=O)Nc4ccc5ccccc5c4)c3SC3C(=O)N(c4cccc(C(F)(F)F)c4)C(=O)C32)cc1OC. The third-order valence-corrected chi connectivity index (χ3v) is 11.2. The van der Waals surface area contributed by atoms with E-state index in [9.17, 15) is 32.3 Å². The first-order chi connectivity index (χ1) is 23.5. The van der Waals surface area contributed by atoms with E-state index in [1.807, 2.05) is 36.4 Å². The van der Waals surface area contributed by atoms with Crippen LogP contribution in [0.3, 0.4) is 0 Å². The van der Waals surface area contributed by atoms with Crippen LogP contribution in [0.15, 0.2) is 94.7 Å². The fraction of sp³-hybridized carbons (Fsp3) is 0.200. The number of thiazole rings is 1. The molecule has 0 saturated carbocycles. The number of hydrogen-bond acceptors (Lipinski definition) is 8. The minimum absolute atomic E-state index is 0.207. The average Bonchev–Trinajstić information content (AvgIpc) is 3.53. The van der Waals surface area contributed by atoms with Gasteiger partial charge in [-0.3, -0.25) is 23.7 Å². The number of carbonyl (C=O) groups excluding carboxylic acids is 3. The Hall–Kier alpha value is -5.08. The van der Waals surface area contributed by atoms with Gasteiger partial charge in [-0.1, -0.05) is 65.6 Å². The van der Waals surface area contributed by atoms with Gasteiger partial charge >= 0.3 is 11.0 Å². The van der Waals surface area contributed by atoms with Gasteiger partial charge in [0.1, 0.15) is 11.8 Å². The van der Waals surface area contributed by atoms with Gasteiger partial charge in [-0.05, 0) is 58.8 Å². The number of nitrogens with zero attached hydrogens (tertiary/aromatic N) is 2. The smallest absolute Gasteiger partial charge is 0.416 e. The van der Waals surface area contributed by atoms with E-state index in [1.165, 1.54) is 24.9 Å². The van der Waals surface area contributed by atoms with Gasteiger partial charge in [-0.15, -0.1) is 0 Å². The number of thioether (sulfide) groups is 1. The minimum atomic E-state index is -4.70. The first-order valence-electron chi connectivity index (χ1n) is 14.9. The molecule has 250 valence electrons. The molecule has 1 aromatic heterocycles. The third kappa shape index (κ3) is 5.74. The summed E-state index contributed by atoms with van der Waals surface area (Å²) in [5, 5.41) is 3.97. The summed E-state index contributed by atoms with van der Waals surface area (Å²) in [5.41, 5.74) is -0.156. The second kappa shape index (κ2) is 12.4. The van der Waals surface area contributed by atoms with Crippen molar-refractivity contribution in [1.29, 1.82) is 0 Å². The van der Waals surface area contributed by atoms with E-state index < -0.39 is 51.4 Å². The predicted molar refractivity (Wildman–Crippen MR) is 180 cm³/mol. The number of aromatic nitrogens is 1. The Morgan fingerprint density at radius 1 is 0.857 bits per heavy atom. The molecule has 9 nitrogen and oxygen atoms in total. The van der Waals surface area contributed by atoms with Crippen LogP contribution in [0, 0.1) is 5.92 Å². The molecule has 4 aromatic carbocycles. The number of amides is 3. The summed E-state index contributed by atoms with van der Waals surface area (Å²) in [6.45, 7) is -0.375. The molecule has 14 heteroatoms. The van der Waals surface area contributed by atoms with Crippen LogP contribution in [-0.4, -0.2) is 41.8 Å². The van der Waals surface area contributed by atoms with E-state index in [0.717, 1.165) is 57.0 Å². The number of carbonyl (C=O) groups is 3. The van der Waals surface area contributed by atoms with Crippen LogP contribution in [0.1, 0.15) is 21.9 Å². The van der Waals surface area contributed by atoms with E-state index in [1.54, 1.807) is 24.3 Å². The van der Waals surface area contributed by atoms with Crippen molar-refractivity contribution in [1.82, 2.24) is 4.57 Å². The molecule has 2 aliphatic rings. The van der Waals surface area contributed by atoms with E-state index in [-0.39, 0.29) is 12.2 Å². The van der Waals surface area contributed by atoms with Gasteiger partial charge in [0.05, 0.1) is 36.4 Å². The normalized spacial score (nSPS) is 18.7. The van der Waals surface area contributed by atoms with Crippen molar-refractivity contribution in [3.63, 3.8) is 0 Å². The van der Waals surface area contributed by atoms with Gasteiger partial charge in [0.15, 0.2) is 11.5 Å². The highest BCUT2D eigenvalue weighted by molar-refractivity contribution is 8.00. The Balaban J connectivity index is 1.29. The Labute approximate surface area is 285 Å². The van der Waals surface area contributed by atoms with Crippen LogP contribution in [0.25, 0.3) is 10.8 Å². The molecule has 49 heavy (non-hydrogen) atoms. The Morgan fingerprint density at radius 2 is 1.61 bits per heavy atom. The lowest BCUT2D eigenvalue weighted by molar-refractivity contribution is -0.137. The number of nitrogens with one attached hydrogen (secondary N) is 1. The van der Waals surface area contributed by atoms with Gasteiger partial charge in [-0.2, -0.15) is 13.2 Å². The topological polar surface area (TPSA) is 107 Å². The number of alkyl halides is 3. The maximum absolute atomic E-state index is 14.2. The first-order valence-corrected chi connectivity index (χ1v) is 16.6. The van der Waals surface area contributed by atoms with Crippen molar-refractivity contribution in [2.24, 2.45) is 5.92 Å². The summed E-state index contributed by atoms with van der Waals surface area (Å²) >= 11 is 1.82. The fourth-order valence-electron chi connectivity index (χ4n) is 6.35. The Morgan fingerprint density at radius 3 is 2.35 bits per heavy atom. The molecular weight excluding hydrogens is 680 g/mol. The standard InChI is InChI=1S/C35H26F3N3O6S2/c1-46-24-13-11-20(15-25(24)47-2)27-28-29(32(44)41(31(28)43)23-9-5-8-21(16-23)35(36,37)38)48-33-30(27)49-34(45)40(33)17-26(42)39-22-12-10-18-6-3-4-7-19(18)14-22/h3-16,27-29H,17H2,1-2H3,(H,39,42). The predicted octanol–water partition coefficient (Wildman–Crippen LogP) is 6.53. The lowest BCUT2D eigenvalue weighted by atomic mass is 9.83. The highest BCUT2D eigenvalue weighted by atomic mass is 32.2. The summed E-state index contributed by atoms with van der Waals surface area (Å²) in [7, 11) is 2.90. The van der Waals surface area contributed by atoms with Crippen molar-refractivity contribution in [2.45, 2.75) is 28.9 Å². The lowest BCUT2D eigenvalue weighted by Gasteiger charge is -2.31. The van der Waals surface area contributed by atoms with E-state index in [2.05, 4.69) is 5.32 Å². The molecule has 0 aliphatic carbocycles. The lowest BCUT2D eigenvalue weighted by Crippen LogP contribution is -2.33. The maximum atomic E-state index is 14.2. The van der Waals surface area contributed by atoms with Gasteiger partial charge in [0, 0.05) is 16.5 Å². The number of ether oxygens (including phenoxy) is 2. The van der Waals surface area contributed by atoms with Crippen LogP contribution in [0.4, 0.5) is 24.5 Å². The first kappa shape index (κ1) is 32.5. The summed E-state index contributed by atoms with van der Waals surface area (Å²) in [4.78, 5) is 55.8. The number of halogens is 3. The van der Waals surface area contributed by atoms with E-state index in [0.29, 0.717) is 32.7 Å². The maximum Gasteiger partial charge on any atom is 0.416 e. The summed E-state index contributed by atoms with van der Waals surface area (Å²) < 4.78 is 53.0. The number of hydrogen-bond donors (Lipinski definition) is 1. The van der Waals surface area contributed by atoms with Gasteiger partial charge in [0.25, 0.3) is 0 Å². The molecule has 3 unspecified atom stereocenters. The highest BCUT2D eigenvalue weighted by Crippen LogP contribution is 2.54. The molecule has 1 fully saturated rings. The Bertz CT molecular complexity index is 2210. The number of imide groups is 1. The molecule has 0 bridgehead atoms. The summed E-state index contributed by atoms with van der Waals surface area (Å²) in [5.74, 6) is -3.10. The molecular formula is C35H26F3N3O6S2. The zero-order chi connectivity index (χ0) is 34.6. The van der Waals surface area contributed by atoms with Crippen molar-refractivity contribution >= 4 is 63.0 Å². The van der Waals surface area contributed by atoms with Crippen molar-refractivity contribution in [3.05, 3.63) is 111 Å². The van der Waals surface area contributed by atoms with Crippen LogP contribution in [0.5, 0.6) is 11.5 Å². The third-order valence-electron chi connectivity index (χ3n) is 8.58. The number of benzene rings is 4. The van der Waals surface area contributed by atoms with Gasteiger partial charge in [0.2, 0.25) is 17.7 Å². The summed E-state index contributed by atoms with van der Waals surface area (Å²) in [6.07, 6.45) is -4.70. The number of methoxy groups -OCH3 is 2. The molecule has 7 rings (SSSR count). The quantitative estimate of drug-likeness (QED) is 0.192. The fourth-order valence-corrected chi connectivity index (χ4v) is 9.12. The number of rotatable bonds is 7. The zero-order valence-corrected chi connectivity index (χ0v) is 27.4. The monoisotopic (exact) mass is 705 g/mol. The minimum Gasteiger partial charge on any atom is -0.493 e. The molecule has 5 aromatic rings. The molecule has 0 radical (unpaired) electrons. The molecule has 1 N–H and O–H groups in total. The highest BCUT2D eigenvalue weighted by Gasteiger charge is 2.57. The van der Waals surface area contributed by atoms with Gasteiger partial charge in [-0.25, -0.2) is 4.90 Å². The second-order valence-corrected chi connectivity index (χ2v) is 13.6. The Kier molecular flexibility index (Phi) is 8.23. The van der Waals surface area contributed by atoms with Crippen LogP contribution in [0.2, 0.25) is 0 Å². The van der Waals surface area contributed by atoms with Crippen LogP contribution < -0.4 is 24.6 Å². The van der Waals surface area contributed by atoms with Crippen LogP contribution in [-0.2, 0) is 27.1 Å². The van der Waals surface area contributed by atoms with Crippen LogP contribution >= 0.6 is 23.1 Å². The zero-order valence-electron chi connectivity index (χ0n) is 25.8. The van der Waals surface area contributed by atoms with Gasteiger partial charge < -0.3 is 14.8 Å². The largest absolute Gasteiger partial charge is 0.493 e. The molecule has 2 aliphatic heterocycles. The van der Waals surface area contributed by atoms with Crippen molar-refractivity contribution in [3.8, 4) is 11.5 Å². The van der Waals surface area contributed by atoms with E-state index >= 15 is 0 Å². The molecule has 3 atom stereocenters.